The molecular weight excluding hydrogens is 176 g/mol. The Morgan fingerprint density at radius 1 is 1.92 bits per heavy atom. The zero-order chi connectivity index (χ0) is 8.97. The first-order valence-electron chi connectivity index (χ1n) is 3.51. The molecule has 1 unspecified atom stereocenters. The number of nitrogens with zero attached hydrogens (tertiary/aromatic N) is 2. The topological polar surface area (TPSA) is 80.9 Å². The van der Waals surface area contributed by atoms with Crippen LogP contribution >= 0.6 is 11.3 Å². The van der Waals surface area contributed by atoms with Crippen LogP contribution in [-0.2, 0) is 4.79 Å². The molecule has 66 valence electrons. The van der Waals surface area contributed by atoms with Gasteiger partial charge in [0.05, 0.1) is 0 Å². The first kappa shape index (κ1) is 9.08. The van der Waals surface area contributed by atoms with Gasteiger partial charge in [0.25, 0.3) is 0 Å². The van der Waals surface area contributed by atoms with Crippen LogP contribution in [-0.4, -0.2) is 22.6 Å². The smallest absolute Gasteiger partial charge is 0.230 e. The van der Waals surface area contributed by atoms with Crippen LogP contribution in [0.3, 0.4) is 0 Å². The van der Waals surface area contributed by atoms with Crippen molar-refractivity contribution < 1.29 is 4.79 Å². The summed E-state index contributed by atoms with van der Waals surface area (Å²) < 4.78 is 0. The minimum atomic E-state index is -0.186. The first-order valence-corrected chi connectivity index (χ1v) is 4.39. The average Bonchev–Trinajstić information content (AvgIpc) is 2.55. The van der Waals surface area contributed by atoms with Crippen molar-refractivity contribution >= 4 is 22.4 Å². The van der Waals surface area contributed by atoms with Gasteiger partial charge >= 0.3 is 0 Å². The number of carbonyl (C=O) groups excluding carboxylic acids is 1. The highest BCUT2D eigenvalue weighted by atomic mass is 32.1. The maximum Gasteiger partial charge on any atom is 0.230 e. The van der Waals surface area contributed by atoms with Gasteiger partial charge in [-0.05, 0) is 0 Å². The second-order valence-corrected chi connectivity index (χ2v) is 3.20. The summed E-state index contributed by atoms with van der Waals surface area (Å²) in [5.74, 6) is -0.303. The molecular formula is C6H10N4OS. The van der Waals surface area contributed by atoms with Crippen molar-refractivity contribution in [3.8, 4) is 0 Å². The Hall–Kier alpha value is -1.01. The lowest BCUT2D eigenvalue weighted by Crippen LogP contribution is -2.26. The third kappa shape index (κ3) is 2.24. The molecule has 1 atom stereocenters. The number of carbonyl (C=O) groups is 1. The van der Waals surface area contributed by atoms with Gasteiger partial charge in [-0.1, -0.05) is 18.3 Å². The van der Waals surface area contributed by atoms with E-state index in [2.05, 4.69) is 15.5 Å². The Bertz CT molecular complexity index is 248. The number of aromatic nitrogens is 2. The fraction of sp³-hybridized carbons (Fsp3) is 0.500. The Balaban J connectivity index is 2.47. The first-order chi connectivity index (χ1) is 5.74. The van der Waals surface area contributed by atoms with Gasteiger partial charge in [-0.3, -0.25) is 4.79 Å². The summed E-state index contributed by atoms with van der Waals surface area (Å²) in [5.41, 5.74) is 6.87. The summed E-state index contributed by atoms with van der Waals surface area (Å²) in [4.78, 5) is 11.2. The van der Waals surface area contributed by atoms with E-state index >= 15 is 0 Å². The maximum absolute atomic E-state index is 11.2. The maximum atomic E-state index is 11.2. The normalized spacial score (nSPS) is 12.5. The lowest BCUT2D eigenvalue weighted by Gasteiger charge is -2.05. The van der Waals surface area contributed by atoms with Crippen molar-refractivity contribution in [2.24, 2.45) is 11.7 Å². The van der Waals surface area contributed by atoms with Gasteiger partial charge in [0, 0.05) is 12.5 Å². The highest BCUT2D eigenvalue weighted by Gasteiger charge is 2.11. The zero-order valence-corrected chi connectivity index (χ0v) is 7.47. The molecule has 12 heavy (non-hydrogen) atoms. The quantitative estimate of drug-likeness (QED) is 0.700. The molecule has 6 heteroatoms. The van der Waals surface area contributed by atoms with Crippen LogP contribution in [0.4, 0.5) is 5.13 Å². The highest BCUT2D eigenvalue weighted by Crippen LogP contribution is 2.09. The number of rotatable bonds is 3. The van der Waals surface area contributed by atoms with Gasteiger partial charge in [-0.2, -0.15) is 0 Å². The van der Waals surface area contributed by atoms with Gasteiger partial charge < -0.3 is 11.1 Å². The number of nitrogens with one attached hydrogen (secondary N) is 1. The van der Waals surface area contributed by atoms with Gasteiger partial charge in [0.15, 0.2) is 0 Å². The van der Waals surface area contributed by atoms with Gasteiger partial charge in [-0.15, -0.1) is 10.2 Å². The van der Waals surface area contributed by atoms with Crippen LogP contribution in [0.1, 0.15) is 6.92 Å². The highest BCUT2D eigenvalue weighted by molar-refractivity contribution is 7.13. The molecule has 1 aromatic heterocycles. The molecule has 0 aromatic carbocycles. The van der Waals surface area contributed by atoms with E-state index in [1.54, 1.807) is 12.4 Å². The van der Waals surface area contributed by atoms with E-state index in [1.807, 2.05) is 0 Å². The van der Waals surface area contributed by atoms with E-state index < -0.39 is 0 Å². The summed E-state index contributed by atoms with van der Waals surface area (Å²) in [5, 5.41) is 10.4. The molecule has 1 aromatic rings. The van der Waals surface area contributed by atoms with E-state index in [9.17, 15) is 4.79 Å². The Labute approximate surface area is 74.0 Å². The fourth-order valence-electron chi connectivity index (χ4n) is 0.563. The van der Waals surface area contributed by atoms with Crippen molar-refractivity contribution in [2.75, 3.05) is 11.9 Å². The van der Waals surface area contributed by atoms with Crippen LogP contribution in [0, 0.1) is 5.92 Å². The Morgan fingerprint density at radius 2 is 2.67 bits per heavy atom. The molecule has 0 saturated heterocycles. The predicted molar refractivity (Wildman–Crippen MR) is 46.8 cm³/mol. The second kappa shape index (κ2) is 4.13. The summed E-state index contributed by atoms with van der Waals surface area (Å²) in [6, 6.07) is 0. The number of nitrogens with two attached hydrogens (primary N) is 1. The van der Waals surface area contributed by atoms with E-state index in [0.717, 1.165) is 0 Å². The summed E-state index contributed by atoms with van der Waals surface area (Å²) in [6.07, 6.45) is 0. The predicted octanol–water partition coefficient (Wildman–Crippen LogP) is 0.0714. The minimum absolute atomic E-state index is 0.116. The van der Waals surface area contributed by atoms with E-state index in [-0.39, 0.29) is 11.8 Å². The molecule has 3 N–H and O–H groups in total. The number of amides is 1. The monoisotopic (exact) mass is 186 g/mol. The van der Waals surface area contributed by atoms with Gasteiger partial charge in [0.1, 0.15) is 5.51 Å². The molecule has 0 radical (unpaired) electrons. The van der Waals surface area contributed by atoms with Crippen molar-refractivity contribution in [3.63, 3.8) is 0 Å². The van der Waals surface area contributed by atoms with Crippen LogP contribution < -0.4 is 11.1 Å². The largest absolute Gasteiger partial charge is 0.330 e. The molecule has 0 saturated carbocycles. The minimum Gasteiger partial charge on any atom is -0.330 e. The summed E-state index contributed by atoms with van der Waals surface area (Å²) in [6.45, 7) is 2.10. The Morgan fingerprint density at radius 3 is 3.17 bits per heavy atom. The van der Waals surface area contributed by atoms with Crippen molar-refractivity contribution in [2.45, 2.75) is 6.92 Å². The lowest BCUT2D eigenvalue weighted by molar-refractivity contribution is -0.119. The SMILES string of the molecule is CC(CN)C(=O)Nc1nncs1. The van der Waals surface area contributed by atoms with E-state index in [4.69, 9.17) is 5.73 Å². The Kier molecular flexibility index (Phi) is 3.12. The van der Waals surface area contributed by atoms with Crippen LogP contribution in [0.5, 0.6) is 0 Å². The van der Waals surface area contributed by atoms with Crippen molar-refractivity contribution in [1.29, 1.82) is 0 Å². The summed E-state index contributed by atoms with van der Waals surface area (Å²) in [7, 11) is 0. The third-order valence-corrected chi connectivity index (χ3v) is 2.00. The second-order valence-electron chi connectivity index (χ2n) is 2.37. The van der Waals surface area contributed by atoms with Crippen LogP contribution in [0.25, 0.3) is 0 Å². The standard InChI is InChI=1S/C6H10N4OS/c1-4(2-7)5(11)9-6-10-8-3-12-6/h3-4H,2,7H2,1H3,(H,9,10,11). The van der Waals surface area contributed by atoms with Crippen LogP contribution in [0.15, 0.2) is 5.51 Å². The third-order valence-electron chi connectivity index (χ3n) is 1.39. The molecule has 5 nitrogen and oxygen atoms in total. The zero-order valence-electron chi connectivity index (χ0n) is 6.65. The van der Waals surface area contributed by atoms with Gasteiger partial charge in [0.2, 0.25) is 11.0 Å². The molecule has 1 amide bonds. The average molecular weight is 186 g/mol. The lowest BCUT2D eigenvalue weighted by atomic mass is 10.2. The molecule has 1 heterocycles. The van der Waals surface area contributed by atoms with Gasteiger partial charge in [-0.25, -0.2) is 0 Å². The molecule has 1 rings (SSSR count). The molecule has 0 spiro atoms. The molecule has 0 aliphatic heterocycles. The molecule has 0 fully saturated rings. The molecule has 0 aliphatic carbocycles. The van der Waals surface area contributed by atoms with Crippen molar-refractivity contribution in [1.82, 2.24) is 10.2 Å². The molecule has 0 aliphatic rings. The van der Waals surface area contributed by atoms with Crippen LogP contribution in [0.2, 0.25) is 0 Å². The molecule has 0 bridgehead atoms. The van der Waals surface area contributed by atoms with E-state index in [0.29, 0.717) is 11.7 Å². The fourth-order valence-corrected chi connectivity index (χ4v) is 1.01. The van der Waals surface area contributed by atoms with E-state index in [1.165, 1.54) is 11.3 Å². The van der Waals surface area contributed by atoms with Crippen molar-refractivity contribution in [3.05, 3.63) is 5.51 Å². The number of hydrogen-bond acceptors (Lipinski definition) is 5. The number of hydrogen-bond donors (Lipinski definition) is 2. The summed E-state index contributed by atoms with van der Waals surface area (Å²) >= 11 is 1.28. The number of anilines is 1.